The summed E-state index contributed by atoms with van der Waals surface area (Å²) in [4.78, 5) is 4.07. The molecule has 2 aromatic rings. The van der Waals surface area contributed by atoms with Crippen LogP contribution in [0.2, 0.25) is 0 Å². The van der Waals surface area contributed by atoms with Gasteiger partial charge in [0, 0.05) is 19.9 Å². The Morgan fingerprint density at radius 3 is 2.78 bits per heavy atom. The SMILES string of the molecule is Cc1ccc(C(NN)C2Cc3ccccc3S2)s1. The third kappa shape index (κ3) is 2.21. The van der Waals surface area contributed by atoms with Crippen LogP contribution in [0.4, 0.5) is 0 Å². The molecule has 3 rings (SSSR count). The molecule has 2 atom stereocenters. The maximum atomic E-state index is 5.77. The van der Waals surface area contributed by atoms with Gasteiger partial charge in [-0.15, -0.1) is 23.1 Å². The summed E-state index contributed by atoms with van der Waals surface area (Å²) in [5, 5.41) is 0.491. The Kier molecular flexibility index (Phi) is 3.43. The second-order valence-electron chi connectivity index (χ2n) is 4.56. The molecule has 0 saturated carbocycles. The summed E-state index contributed by atoms with van der Waals surface area (Å²) in [6.45, 7) is 2.14. The summed E-state index contributed by atoms with van der Waals surface area (Å²) in [7, 11) is 0. The molecular formula is C14H16N2S2. The lowest BCUT2D eigenvalue weighted by Gasteiger charge is -2.20. The van der Waals surface area contributed by atoms with E-state index >= 15 is 0 Å². The highest BCUT2D eigenvalue weighted by molar-refractivity contribution is 8.00. The minimum absolute atomic E-state index is 0.237. The van der Waals surface area contributed by atoms with Gasteiger partial charge in [-0.2, -0.15) is 0 Å². The number of aryl methyl sites for hydroxylation is 1. The number of benzene rings is 1. The first-order valence-electron chi connectivity index (χ1n) is 6.05. The molecule has 94 valence electrons. The van der Waals surface area contributed by atoms with E-state index in [9.17, 15) is 0 Å². The monoisotopic (exact) mass is 276 g/mol. The van der Waals surface area contributed by atoms with E-state index in [4.69, 9.17) is 5.84 Å². The maximum Gasteiger partial charge on any atom is 0.0678 e. The smallest absolute Gasteiger partial charge is 0.0678 e. The van der Waals surface area contributed by atoms with Crippen molar-refractivity contribution in [3.8, 4) is 0 Å². The lowest BCUT2D eigenvalue weighted by atomic mass is 10.0. The van der Waals surface area contributed by atoms with Crippen LogP contribution in [0.5, 0.6) is 0 Å². The van der Waals surface area contributed by atoms with E-state index in [-0.39, 0.29) is 6.04 Å². The molecule has 1 aromatic carbocycles. The third-order valence-electron chi connectivity index (χ3n) is 3.29. The zero-order valence-corrected chi connectivity index (χ0v) is 11.9. The number of fused-ring (bicyclic) bond motifs is 1. The molecular weight excluding hydrogens is 260 g/mol. The van der Waals surface area contributed by atoms with Gasteiger partial charge in [-0.3, -0.25) is 11.3 Å². The fraction of sp³-hybridized carbons (Fsp3) is 0.286. The number of hydrogen-bond donors (Lipinski definition) is 2. The Labute approximate surface area is 116 Å². The zero-order valence-electron chi connectivity index (χ0n) is 10.2. The van der Waals surface area contributed by atoms with E-state index < -0.39 is 0 Å². The number of nitrogens with two attached hydrogens (primary N) is 1. The molecule has 0 amide bonds. The molecule has 4 heteroatoms. The Hall–Kier alpha value is -0.810. The molecule has 0 fully saturated rings. The summed E-state index contributed by atoms with van der Waals surface area (Å²) in [5.41, 5.74) is 4.44. The van der Waals surface area contributed by atoms with Gasteiger partial charge in [-0.1, -0.05) is 18.2 Å². The Balaban J connectivity index is 1.83. The van der Waals surface area contributed by atoms with Gasteiger partial charge in [0.05, 0.1) is 6.04 Å². The Morgan fingerprint density at radius 2 is 2.11 bits per heavy atom. The van der Waals surface area contributed by atoms with Crippen molar-refractivity contribution >= 4 is 23.1 Å². The van der Waals surface area contributed by atoms with Crippen LogP contribution in [0, 0.1) is 6.92 Å². The number of hydrazine groups is 1. The summed E-state index contributed by atoms with van der Waals surface area (Å²) in [5.74, 6) is 5.77. The molecule has 18 heavy (non-hydrogen) atoms. The number of nitrogens with one attached hydrogen (secondary N) is 1. The van der Waals surface area contributed by atoms with E-state index in [2.05, 4.69) is 48.7 Å². The lowest BCUT2D eigenvalue weighted by molar-refractivity contribution is 0.541. The molecule has 0 bridgehead atoms. The number of thioether (sulfide) groups is 1. The molecule has 2 heterocycles. The van der Waals surface area contributed by atoms with Gasteiger partial charge in [0.2, 0.25) is 0 Å². The highest BCUT2D eigenvalue weighted by atomic mass is 32.2. The first kappa shape index (κ1) is 12.2. The van der Waals surface area contributed by atoms with Gasteiger partial charge in [0.1, 0.15) is 0 Å². The molecule has 2 unspecified atom stereocenters. The second-order valence-corrected chi connectivity index (χ2v) is 7.16. The van der Waals surface area contributed by atoms with Crippen molar-refractivity contribution in [2.24, 2.45) is 5.84 Å². The van der Waals surface area contributed by atoms with Crippen LogP contribution in [0.1, 0.15) is 21.4 Å². The first-order valence-corrected chi connectivity index (χ1v) is 7.74. The fourth-order valence-corrected chi connectivity index (χ4v) is 4.89. The molecule has 0 aliphatic carbocycles. The van der Waals surface area contributed by atoms with Crippen LogP contribution >= 0.6 is 23.1 Å². The van der Waals surface area contributed by atoms with Gasteiger partial charge in [-0.25, -0.2) is 0 Å². The summed E-state index contributed by atoms with van der Waals surface area (Å²) in [6.07, 6.45) is 1.09. The van der Waals surface area contributed by atoms with Gasteiger partial charge in [0.15, 0.2) is 0 Å². The van der Waals surface area contributed by atoms with E-state index in [1.807, 2.05) is 23.1 Å². The summed E-state index contributed by atoms with van der Waals surface area (Å²) < 4.78 is 0. The van der Waals surface area contributed by atoms with Gasteiger partial charge < -0.3 is 0 Å². The van der Waals surface area contributed by atoms with Gasteiger partial charge in [-0.05, 0) is 37.1 Å². The van der Waals surface area contributed by atoms with Crippen molar-refractivity contribution in [2.45, 2.75) is 29.5 Å². The van der Waals surface area contributed by atoms with Crippen LogP contribution < -0.4 is 11.3 Å². The quantitative estimate of drug-likeness (QED) is 0.667. The predicted octanol–water partition coefficient (Wildman–Crippen LogP) is 3.28. The van der Waals surface area contributed by atoms with Crippen LogP contribution in [0.3, 0.4) is 0 Å². The Morgan fingerprint density at radius 1 is 1.28 bits per heavy atom. The van der Waals surface area contributed by atoms with E-state index in [1.165, 1.54) is 20.2 Å². The molecule has 1 aliphatic heterocycles. The van der Waals surface area contributed by atoms with Crippen molar-refractivity contribution in [3.05, 3.63) is 51.7 Å². The Bertz CT molecular complexity index is 525. The van der Waals surface area contributed by atoms with Crippen molar-refractivity contribution in [2.75, 3.05) is 0 Å². The van der Waals surface area contributed by atoms with Crippen LogP contribution in [-0.4, -0.2) is 5.25 Å². The number of thiophene rings is 1. The van der Waals surface area contributed by atoms with Crippen molar-refractivity contribution in [3.63, 3.8) is 0 Å². The van der Waals surface area contributed by atoms with Gasteiger partial charge in [0.25, 0.3) is 0 Å². The topological polar surface area (TPSA) is 38.0 Å². The third-order valence-corrected chi connectivity index (χ3v) is 5.77. The minimum Gasteiger partial charge on any atom is -0.271 e. The number of rotatable bonds is 3. The van der Waals surface area contributed by atoms with E-state index in [1.54, 1.807) is 0 Å². The summed E-state index contributed by atoms with van der Waals surface area (Å²) in [6, 6.07) is 13.2. The number of hydrogen-bond acceptors (Lipinski definition) is 4. The molecule has 1 aliphatic rings. The molecule has 0 radical (unpaired) electrons. The van der Waals surface area contributed by atoms with E-state index in [0.717, 1.165) is 6.42 Å². The first-order chi connectivity index (χ1) is 8.78. The maximum absolute atomic E-state index is 5.77. The van der Waals surface area contributed by atoms with E-state index in [0.29, 0.717) is 5.25 Å². The van der Waals surface area contributed by atoms with Crippen LogP contribution in [0.15, 0.2) is 41.3 Å². The largest absolute Gasteiger partial charge is 0.271 e. The predicted molar refractivity (Wildman–Crippen MR) is 78.9 cm³/mol. The average Bonchev–Trinajstić information content (AvgIpc) is 2.96. The molecule has 3 N–H and O–H groups in total. The highest BCUT2D eigenvalue weighted by Gasteiger charge is 2.30. The second kappa shape index (κ2) is 5.05. The van der Waals surface area contributed by atoms with Crippen LogP contribution in [-0.2, 0) is 6.42 Å². The highest BCUT2D eigenvalue weighted by Crippen LogP contribution is 2.43. The lowest BCUT2D eigenvalue weighted by Crippen LogP contribution is -2.34. The molecule has 0 spiro atoms. The normalized spacial score (nSPS) is 19.8. The fourth-order valence-electron chi connectivity index (χ4n) is 2.39. The van der Waals surface area contributed by atoms with Gasteiger partial charge >= 0.3 is 0 Å². The van der Waals surface area contributed by atoms with Crippen molar-refractivity contribution in [1.29, 1.82) is 0 Å². The van der Waals surface area contributed by atoms with Crippen molar-refractivity contribution in [1.82, 2.24) is 5.43 Å². The summed E-state index contributed by atoms with van der Waals surface area (Å²) >= 11 is 3.77. The molecule has 1 aromatic heterocycles. The average molecular weight is 276 g/mol. The molecule has 0 saturated heterocycles. The zero-order chi connectivity index (χ0) is 12.5. The van der Waals surface area contributed by atoms with Crippen LogP contribution in [0.25, 0.3) is 0 Å². The van der Waals surface area contributed by atoms with Crippen molar-refractivity contribution < 1.29 is 0 Å². The molecule has 2 nitrogen and oxygen atoms in total. The minimum atomic E-state index is 0.237. The standard InChI is InChI=1S/C14H16N2S2/c1-9-6-7-12(17-9)14(16-15)13-8-10-4-2-3-5-11(10)18-13/h2-7,13-14,16H,8,15H2,1H3.